The van der Waals surface area contributed by atoms with E-state index in [2.05, 4.69) is 9.97 Å². The van der Waals surface area contributed by atoms with Crippen molar-refractivity contribution >= 4 is 22.5 Å². The Morgan fingerprint density at radius 2 is 1.86 bits per heavy atom. The van der Waals surface area contributed by atoms with Gasteiger partial charge in [0.15, 0.2) is 11.7 Å². The number of halogens is 3. The smallest absolute Gasteiger partial charge is 0.248 e. The Morgan fingerprint density at radius 3 is 2.48 bits per heavy atom. The van der Waals surface area contributed by atoms with E-state index in [0.717, 1.165) is 18.2 Å². The number of benzene rings is 1. The molecule has 3 aromatic rings. The number of hydrogen-bond acceptors (Lipinski definition) is 4. The van der Waals surface area contributed by atoms with E-state index in [-0.39, 0.29) is 23.5 Å². The summed E-state index contributed by atoms with van der Waals surface area (Å²) in [7, 11) is 0. The number of nitrogens with zero attached hydrogens (tertiary/aromatic N) is 2. The number of nitrogens with one attached hydrogen (secondary N) is 1. The summed E-state index contributed by atoms with van der Waals surface area (Å²) >= 11 is 0. The highest BCUT2D eigenvalue weighted by molar-refractivity contribution is 5.82. The van der Waals surface area contributed by atoms with Gasteiger partial charge in [-0.25, -0.2) is 18.2 Å². The maximum atomic E-state index is 14.8. The Morgan fingerprint density at radius 1 is 1.14 bits per heavy atom. The fraction of sp³-hybridized carbons (Fsp3) is 0.200. The van der Waals surface area contributed by atoms with E-state index in [4.69, 9.17) is 5.11 Å². The highest BCUT2D eigenvalue weighted by Crippen LogP contribution is 2.33. The standard InChI is InChI=1S/C20H16F3N3O3/c21-12-5-11(10-1-3-26(4-2-10)18(29)9-27)6-13(22)19(12)20-14(23)7-15-16(25-20)8-17(28)24-15/h1,5-8,24,27-28H,2-4,9H2. The first-order valence-electron chi connectivity index (χ1n) is 8.83. The molecule has 6 nitrogen and oxygen atoms in total. The fourth-order valence-electron chi connectivity index (χ4n) is 3.43. The number of aliphatic hydroxyl groups excluding tert-OH is 1. The lowest BCUT2D eigenvalue weighted by Crippen LogP contribution is -2.36. The molecule has 1 aliphatic heterocycles. The highest BCUT2D eigenvalue weighted by Gasteiger charge is 2.22. The van der Waals surface area contributed by atoms with Gasteiger partial charge in [-0.15, -0.1) is 0 Å². The largest absolute Gasteiger partial charge is 0.495 e. The van der Waals surface area contributed by atoms with Crippen LogP contribution < -0.4 is 0 Å². The van der Waals surface area contributed by atoms with Crippen LogP contribution in [0.2, 0.25) is 0 Å². The van der Waals surface area contributed by atoms with Crippen LogP contribution in [-0.2, 0) is 4.79 Å². The quantitative estimate of drug-likeness (QED) is 0.627. The van der Waals surface area contributed by atoms with Crippen LogP contribution in [0.5, 0.6) is 5.88 Å². The lowest BCUT2D eigenvalue weighted by atomic mass is 9.96. The van der Waals surface area contributed by atoms with Crippen LogP contribution in [-0.4, -0.2) is 50.7 Å². The normalized spacial score (nSPS) is 14.3. The molecule has 0 radical (unpaired) electrons. The molecule has 0 spiro atoms. The highest BCUT2D eigenvalue weighted by atomic mass is 19.1. The maximum absolute atomic E-state index is 14.8. The number of carbonyl (C=O) groups excluding carboxylic acids is 1. The van der Waals surface area contributed by atoms with Crippen molar-refractivity contribution in [2.75, 3.05) is 19.7 Å². The van der Waals surface area contributed by atoms with Gasteiger partial charge in [-0.1, -0.05) is 6.08 Å². The van der Waals surface area contributed by atoms with Gasteiger partial charge in [-0.3, -0.25) is 4.79 Å². The van der Waals surface area contributed by atoms with Gasteiger partial charge in [0, 0.05) is 25.2 Å². The first-order chi connectivity index (χ1) is 13.9. The zero-order valence-electron chi connectivity index (χ0n) is 15.0. The summed E-state index contributed by atoms with van der Waals surface area (Å²) in [6.45, 7) is -0.0491. The minimum absolute atomic E-state index is 0.172. The fourth-order valence-corrected chi connectivity index (χ4v) is 3.43. The van der Waals surface area contributed by atoms with Crippen LogP contribution in [0.1, 0.15) is 12.0 Å². The molecule has 0 fully saturated rings. The third-order valence-corrected chi connectivity index (χ3v) is 4.89. The van der Waals surface area contributed by atoms with Crippen LogP contribution in [0, 0.1) is 17.5 Å². The van der Waals surface area contributed by atoms with E-state index >= 15 is 0 Å². The van der Waals surface area contributed by atoms with E-state index in [9.17, 15) is 23.1 Å². The number of fused-ring (bicyclic) bond motifs is 1. The number of aromatic hydroxyl groups is 1. The van der Waals surface area contributed by atoms with E-state index in [1.54, 1.807) is 6.08 Å². The molecule has 1 aliphatic rings. The summed E-state index contributed by atoms with van der Waals surface area (Å²) < 4.78 is 44.0. The Labute approximate surface area is 162 Å². The minimum Gasteiger partial charge on any atom is -0.495 e. The van der Waals surface area contributed by atoms with Gasteiger partial charge in [-0.2, -0.15) is 0 Å². The van der Waals surface area contributed by atoms with E-state index in [1.165, 1.54) is 11.0 Å². The Kier molecular flexibility index (Phi) is 4.75. The van der Waals surface area contributed by atoms with Crippen molar-refractivity contribution in [1.29, 1.82) is 0 Å². The number of carbonyl (C=O) groups is 1. The van der Waals surface area contributed by atoms with Crippen LogP contribution in [0.4, 0.5) is 13.2 Å². The average molecular weight is 403 g/mol. The van der Waals surface area contributed by atoms with Gasteiger partial charge in [0.1, 0.15) is 23.9 Å². The first kappa shape index (κ1) is 19.0. The van der Waals surface area contributed by atoms with Crippen LogP contribution >= 0.6 is 0 Å². The molecule has 1 aromatic carbocycles. The maximum Gasteiger partial charge on any atom is 0.248 e. The molecule has 1 amide bonds. The second-order valence-electron chi connectivity index (χ2n) is 6.70. The van der Waals surface area contributed by atoms with E-state index in [0.29, 0.717) is 24.1 Å². The molecule has 29 heavy (non-hydrogen) atoms. The molecule has 3 heterocycles. The van der Waals surface area contributed by atoms with Gasteiger partial charge < -0.3 is 20.1 Å². The molecule has 0 atom stereocenters. The van der Waals surface area contributed by atoms with Crippen molar-refractivity contribution in [3.8, 4) is 17.1 Å². The molecule has 150 valence electrons. The molecule has 3 N–H and O–H groups in total. The Balaban J connectivity index is 1.71. The van der Waals surface area contributed by atoms with Gasteiger partial charge in [0.2, 0.25) is 5.91 Å². The molecule has 9 heteroatoms. The third kappa shape index (κ3) is 3.44. The molecular formula is C20H16F3N3O3. The van der Waals surface area contributed by atoms with Gasteiger partial charge in [0.25, 0.3) is 0 Å². The number of rotatable bonds is 3. The molecular weight excluding hydrogens is 387 g/mol. The second kappa shape index (κ2) is 7.25. The zero-order valence-corrected chi connectivity index (χ0v) is 15.0. The summed E-state index contributed by atoms with van der Waals surface area (Å²) in [6, 6.07) is 4.46. The van der Waals surface area contributed by atoms with Crippen molar-refractivity contribution < 1.29 is 28.2 Å². The monoisotopic (exact) mass is 403 g/mol. The number of pyridine rings is 1. The van der Waals surface area contributed by atoms with Gasteiger partial charge >= 0.3 is 0 Å². The van der Waals surface area contributed by atoms with Crippen LogP contribution in [0.3, 0.4) is 0 Å². The summed E-state index contributed by atoms with van der Waals surface area (Å²) in [4.78, 5) is 19.4. The van der Waals surface area contributed by atoms with Crippen LogP contribution in [0.15, 0.2) is 30.3 Å². The molecule has 0 saturated heterocycles. The van der Waals surface area contributed by atoms with Crippen LogP contribution in [0.25, 0.3) is 27.9 Å². The van der Waals surface area contributed by atoms with E-state index < -0.39 is 41.2 Å². The summed E-state index contributed by atoms with van der Waals surface area (Å²) in [5, 5.41) is 18.4. The number of H-pyrrole nitrogens is 1. The molecule has 0 bridgehead atoms. The lowest BCUT2D eigenvalue weighted by molar-refractivity contribution is -0.133. The van der Waals surface area contributed by atoms with Gasteiger partial charge in [-0.05, 0) is 29.7 Å². The van der Waals surface area contributed by atoms with Crippen molar-refractivity contribution in [3.63, 3.8) is 0 Å². The summed E-state index contributed by atoms with van der Waals surface area (Å²) in [5.74, 6) is -3.53. The summed E-state index contributed by atoms with van der Waals surface area (Å²) in [6.07, 6.45) is 2.03. The Bertz CT molecular complexity index is 1130. The Hall–Kier alpha value is -3.33. The number of aliphatic hydroxyl groups is 1. The molecule has 0 aliphatic carbocycles. The predicted molar refractivity (Wildman–Crippen MR) is 99.3 cm³/mol. The minimum atomic E-state index is -0.972. The van der Waals surface area contributed by atoms with Gasteiger partial charge in [0.05, 0.1) is 16.6 Å². The predicted octanol–water partition coefficient (Wildman–Crippen LogP) is 2.96. The lowest BCUT2D eigenvalue weighted by Gasteiger charge is -2.26. The number of aromatic amines is 1. The zero-order chi connectivity index (χ0) is 20.7. The second-order valence-corrected chi connectivity index (χ2v) is 6.70. The molecule has 2 aromatic heterocycles. The van der Waals surface area contributed by atoms with Crippen molar-refractivity contribution in [2.24, 2.45) is 0 Å². The van der Waals surface area contributed by atoms with Crippen molar-refractivity contribution in [2.45, 2.75) is 6.42 Å². The molecule has 0 unspecified atom stereocenters. The first-order valence-corrected chi connectivity index (χ1v) is 8.83. The average Bonchev–Trinajstić information content (AvgIpc) is 3.05. The number of aromatic nitrogens is 2. The van der Waals surface area contributed by atoms with Crippen molar-refractivity contribution in [3.05, 3.63) is 53.4 Å². The number of hydrogen-bond donors (Lipinski definition) is 3. The van der Waals surface area contributed by atoms with Crippen molar-refractivity contribution in [1.82, 2.24) is 14.9 Å². The SMILES string of the molecule is O=C(CO)N1CC=C(c2cc(F)c(-c3nc4cc(O)[nH]c4cc3F)c(F)c2)CC1. The topological polar surface area (TPSA) is 89.4 Å². The number of amides is 1. The molecule has 0 saturated carbocycles. The summed E-state index contributed by atoms with van der Waals surface area (Å²) in [5.41, 5.74) is 0.232. The third-order valence-electron chi connectivity index (χ3n) is 4.89. The molecule has 4 rings (SSSR count). The van der Waals surface area contributed by atoms with E-state index in [1.807, 2.05) is 0 Å².